The van der Waals surface area contributed by atoms with Crippen LogP contribution in [0.3, 0.4) is 0 Å². The lowest BCUT2D eigenvalue weighted by molar-refractivity contribution is 0.0744. The molecular weight excluding hydrogens is 292 g/mol. The molecule has 0 fully saturated rings. The quantitative estimate of drug-likeness (QED) is 0.867. The fourth-order valence-electron chi connectivity index (χ4n) is 1.38. The van der Waals surface area contributed by atoms with Gasteiger partial charge in [0.05, 0.1) is 22.1 Å². The first kappa shape index (κ1) is 15.9. The van der Waals surface area contributed by atoms with Crippen LogP contribution in [-0.2, 0) is 14.8 Å². The highest BCUT2D eigenvalue weighted by molar-refractivity contribution is 7.89. The summed E-state index contributed by atoms with van der Waals surface area (Å²) in [6, 6.07) is 3.76. The third-order valence-corrected chi connectivity index (χ3v) is 3.71. The molecule has 0 spiro atoms. The number of halogens is 1. The van der Waals surface area contributed by atoms with Gasteiger partial charge in [0.1, 0.15) is 0 Å². The zero-order valence-electron chi connectivity index (χ0n) is 10.6. The number of carbonyl (C=O) groups excluding carboxylic acids is 1. The van der Waals surface area contributed by atoms with Crippen LogP contribution in [0.5, 0.6) is 0 Å². The Hall–Kier alpha value is -1.15. The van der Waals surface area contributed by atoms with Crippen LogP contribution in [0.15, 0.2) is 23.1 Å². The smallest absolute Gasteiger partial charge is 0.255 e. The Morgan fingerprint density at radius 2 is 2.11 bits per heavy atom. The summed E-state index contributed by atoms with van der Waals surface area (Å²) in [4.78, 5) is 13.3. The average molecular weight is 307 g/mol. The molecule has 0 bridgehead atoms. The van der Waals surface area contributed by atoms with Crippen LogP contribution >= 0.6 is 11.6 Å². The Bertz CT molecular complexity index is 574. The topological polar surface area (TPSA) is 89.7 Å². The van der Waals surface area contributed by atoms with Crippen molar-refractivity contribution in [1.29, 1.82) is 0 Å². The van der Waals surface area contributed by atoms with Gasteiger partial charge in [-0.3, -0.25) is 4.79 Å². The van der Waals surface area contributed by atoms with E-state index in [1.807, 2.05) is 0 Å². The average Bonchev–Trinajstić information content (AvgIpc) is 2.34. The summed E-state index contributed by atoms with van der Waals surface area (Å²) in [5.74, 6) is -0.396. The lowest BCUT2D eigenvalue weighted by atomic mass is 10.2. The fourth-order valence-corrected chi connectivity index (χ4v) is 2.12. The van der Waals surface area contributed by atoms with Crippen LogP contribution in [0.4, 0.5) is 0 Å². The number of amides is 1. The van der Waals surface area contributed by atoms with Crippen molar-refractivity contribution in [2.24, 2.45) is 5.14 Å². The number of ether oxygens (including phenoxy) is 1. The second-order valence-electron chi connectivity index (χ2n) is 3.91. The van der Waals surface area contributed by atoms with E-state index in [9.17, 15) is 13.2 Å². The van der Waals surface area contributed by atoms with Crippen LogP contribution in [0.25, 0.3) is 0 Å². The fraction of sp³-hybridized carbons (Fsp3) is 0.364. The maximum absolute atomic E-state index is 12.1. The highest BCUT2D eigenvalue weighted by Gasteiger charge is 2.18. The van der Waals surface area contributed by atoms with Gasteiger partial charge >= 0.3 is 0 Å². The van der Waals surface area contributed by atoms with Gasteiger partial charge in [-0.2, -0.15) is 0 Å². The first-order valence-corrected chi connectivity index (χ1v) is 7.26. The van der Waals surface area contributed by atoms with Gasteiger partial charge in [0.25, 0.3) is 5.91 Å². The highest BCUT2D eigenvalue weighted by atomic mass is 35.5. The van der Waals surface area contributed by atoms with E-state index in [0.717, 1.165) is 0 Å². The summed E-state index contributed by atoms with van der Waals surface area (Å²) >= 11 is 5.90. The van der Waals surface area contributed by atoms with Crippen molar-refractivity contribution in [3.63, 3.8) is 0 Å². The van der Waals surface area contributed by atoms with E-state index in [1.165, 1.54) is 30.2 Å². The van der Waals surface area contributed by atoms with Gasteiger partial charge in [0, 0.05) is 20.7 Å². The molecule has 0 radical (unpaired) electrons. The van der Waals surface area contributed by atoms with Crippen LogP contribution in [0.1, 0.15) is 10.4 Å². The van der Waals surface area contributed by atoms with Crippen molar-refractivity contribution < 1.29 is 17.9 Å². The summed E-state index contributed by atoms with van der Waals surface area (Å²) in [6.07, 6.45) is 0. The maximum atomic E-state index is 12.1. The van der Waals surface area contributed by atoms with Crippen molar-refractivity contribution in [2.45, 2.75) is 4.90 Å². The third kappa shape index (κ3) is 4.17. The largest absolute Gasteiger partial charge is 0.383 e. The molecule has 0 aliphatic carbocycles. The summed E-state index contributed by atoms with van der Waals surface area (Å²) < 4.78 is 27.4. The highest BCUT2D eigenvalue weighted by Crippen LogP contribution is 2.21. The lowest BCUT2D eigenvalue weighted by Gasteiger charge is -2.17. The molecule has 1 aromatic rings. The number of primary sulfonamides is 1. The Morgan fingerprint density at radius 1 is 1.47 bits per heavy atom. The second-order valence-corrected chi connectivity index (χ2v) is 5.87. The van der Waals surface area contributed by atoms with Crippen LogP contribution in [-0.4, -0.2) is 46.5 Å². The normalized spacial score (nSPS) is 11.4. The molecule has 0 unspecified atom stereocenters. The predicted molar refractivity (Wildman–Crippen MR) is 71.7 cm³/mol. The van der Waals surface area contributed by atoms with E-state index >= 15 is 0 Å². The SMILES string of the molecule is COCCN(C)C(=O)c1cc(S(N)(=O)=O)ccc1Cl. The molecule has 0 saturated carbocycles. The molecule has 1 rings (SSSR count). The summed E-state index contributed by atoms with van der Waals surface area (Å²) in [6.45, 7) is 0.736. The third-order valence-electron chi connectivity index (χ3n) is 2.47. The number of benzene rings is 1. The van der Waals surface area contributed by atoms with E-state index in [0.29, 0.717) is 13.2 Å². The van der Waals surface area contributed by atoms with Gasteiger partial charge in [-0.25, -0.2) is 13.6 Å². The second kappa shape index (κ2) is 6.33. The van der Waals surface area contributed by atoms with Crippen molar-refractivity contribution in [1.82, 2.24) is 4.90 Å². The van der Waals surface area contributed by atoms with E-state index in [4.69, 9.17) is 21.5 Å². The minimum atomic E-state index is -3.87. The van der Waals surface area contributed by atoms with Crippen molar-refractivity contribution in [2.75, 3.05) is 27.3 Å². The molecule has 19 heavy (non-hydrogen) atoms. The summed E-state index contributed by atoms with van der Waals surface area (Å²) in [5, 5.41) is 5.18. The molecule has 8 heteroatoms. The number of rotatable bonds is 5. The lowest BCUT2D eigenvalue weighted by Crippen LogP contribution is -2.30. The molecule has 1 amide bonds. The van der Waals surface area contributed by atoms with E-state index in [-0.39, 0.29) is 15.5 Å². The minimum Gasteiger partial charge on any atom is -0.383 e. The first-order valence-electron chi connectivity index (χ1n) is 5.34. The molecule has 106 valence electrons. The van der Waals surface area contributed by atoms with Crippen molar-refractivity contribution in [3.05, 3.63) is 28.8 Å². The Morgan fingerprint density at radius 3 is 2.63 bits per heavy atom. The van der Waals surface area contributed by atoms with Gasteiger partial charge < -0.3 is 9.64 Å². The minimum absolute atomic E-state index is 0.0896. The standard InChI is InChI=1S/C11H15ClN2O4S/c1-14(5-6-18-2)11(15)9-7-8(19(13,16)17)3-4-10(9)12/h3-4,7H,5-6H2,1-2H3,(H2,13,16,17). The monoisotopic (exact) mass is 306 g/mol. The number of carbonyl (C=O) groups is 1. The van der Waals surface area contributed by atoms with Crippen LogP contribution in [0, 0.1) is 0 Å². The number of nitrogens with zero attached hydrogens (tertiary/aromatic N) is 1. The van der Waals surface area contributed by atoms with Gasteiger partial charge in [0.15, 0.2) is 0 Å². The van der Waals surface area contributed by atoms with E-state index < -0.39 is 15.9 Å². The maximum Gasteiger partial charge on any atom is 0.255 e. The number of hydrogen-bond donors (Lipinski definition) is 1. The first-order chi connectivity index (χ1) is 8.77. The molecule has 0 saturated heterocycles. The van der Waals surface area contributed by atoms with Gasteiger partial charge in [-0.15, -0.1) is 0 Å². The number of nitrogens with two attached hydrogens (primary N) is 1. The van der Waals surface area contributed by atoms with Crippen LogP contribution < -0.4 is 5.14 Å². The molecule has 6 nitrogen and oxygen atoms in total. The van der Waals surface area contributed by atoms with Crippen molar-refractivity contribution >= 4 is 27.5 Å². The van der Waals surface area contributed by atoms with Gasteiger partial charge in [-0.05, 0) is 18.2 Å². The van der Waals surface area contributed by atoms with Gasteiger partial charge in [0.2, 0.25) is 10.0 Å². The van der Waals surface area contributed by atoms with Crippen LogP contribution in [0.2, 0.25) is 5.02 Å². The molecule has 1 aromatic carbocycles. The predicted octanol–water partition coefficient (Wildman–Crippen LogP) is 0.706. The number of hydrogen-bond acceptors (Lipinski definition) is 4. The molecular formula is C11H15ClN2O4S. The Balaban J connectivity index is 3.09. The molecule has 0 aromatic heterocycles. The Labute approximate surface area is 117 Å². The molecule has 0 aliphatic heterocycles. The van der Waals surface area contributed by atoms with Gasteiger partial charge in [-0.1, -0.05) is 11.6 Å². The number of likely N-dealkylation sites (N-methyl/N-ethyl adjacent to an activating group) is 1. The zero-order chi connectivity index (χ0) is 14.6. The molecule has 0 atom stereocenters. The summed E-state index contributed by atoms with van der Waals surface area (Å²) in [5.41, 5.74) is 0.0896. The Kier molecular flexibility index (Phi) is 5.30. The van der Waals surface area contributed by atoms with Crippen molar-refractivity contribution in [3.8, 4) is 0 Å². The molecule has 0 aliphatic rings. The zero-order valence-corrected chi connectivity index (χ0v) is 12.2. The molecule has 2 N–H and O–H groups in total. The summed E-state index contributed by atoms with van der Waals surface area (Å²) in [7, 11) is -0.781. The van der Waals surface area contributed by atoms with E-state index in [1.54, 1.807) is 7.05 Å². The number of methoxy groups -OCH3 is 1. The molecule has 0 heterocycles. The number of sulfonamides is 1. The van der Waals surface area contributed by atoms with E-state index in [2.05, 4.69) is 0 Å².